The normalized spacial score (nSPS) is 14.0. The van der Waals surface area contributed by atoms with Gasteiger partial charge in [-0.2, -0.15) is 5.26 Å². The van der Waals surface area contributed by atoms with Gasteiger partial charge >= 0.3 is 0 Å². The van der Waals surface area contributed by atoms with Crippen LogP contribution in [-0.4, -0.2) is 13.2 Å². The van der Waals surface area contributed by atoms with Crippen molar-refractivity contribution in [1.82, 2.24) is 0 Å². The fraction of sp³-hybridized carbons (Fsp3) is 0.417. The van der Waals surface area contributed by atoms with Gasteiger partial charge in [0.2, 0.25) is 0 Å². The predicted octanol–water partition coefficient (Wildman–Crippen LogP) is 2.96. The van der Waals surface area contributed by atoms with E-state index in [1.807, 2.05) is 12.1 Å². The van der Waals surface area contributed by atoms with Gasteiger partial charge < -0.3 is 9.47 Å². The summed E-state index contributed by atoms with van der Waals surface area (Å²) >= 11 is 6.11. The zero-order valence-corrected chi connectivity index (χ0v) is 9.59. The van der Waals surface area contributed by atoms with Crippen molar-refractivity contribution in [2.45, 2.75) is 19.3 Å². The summed E-state index contributed by atoms with van der Waals surface area (Å²) in [7, 11) is 0. The van der Waals surface area contributed by atoms with Crippen molar-refractivity contribution in [3.8, 4) is 17.6 Å². The molecule has 3 nitrogen and oxygen atoms in total. The summed E-state index contributed by atoms with van der Waals surface area (Å²) in [6.07, 6.45) is 2.03. The third-order valence-electron chi connectivity index (χ3n) is 2.39. The maximum absolute atomic E-state index is 8.54. The van der Waals surface area contributed by atoms with E-state index in [0.29, 0.717) is 42.6 Å². The lowest BCUT2D eigenvalue weighted by atomic mass is 10.1. The summed E-state index contributed by atoms with van der Waals surface area (Å²) in [4.78, 5) is 0. The van der Waals surface area contributed by atoms with Crippen LogP contribution in [0.25, 0.3) is 0 Å². The maximum atomic E-state index is 8.54. The Hall–Kier alpha value is -1.40. The van der Waals surface area contributed by atoms with Crippen LogP contribution in [0, 0.1) is 11.3 Å². The highest BCUT2D eigenvalue weighted by atomic mass is 35.5. The third kappa shape index (κ3) is 2.40. The molecule has 0 saturated carbocycles. The van der Waals surface area contributed by atoms with Crippen LogP contribution in [-0.2, 0) is 6.42 Å². The first-order valence-corrected chi connectivity index (χ1v) is 5.64. The van der Waals surface area contributed by atoms with Gasteiger partial charge in [-0.15, -0.1) is 0 Å². The minimum Gasteiger partial charge on any atom is -0.489 e. The third-order valence-corrected chi connectivity index (χ3v) is 2.67. The Morgan fingerprint density at radius 1 is 1.31 bits per heavy atom. The molecule has 1 heterocycles. The number of hydrogen-bond donors (Lipinski definition) is 0. The van der Waals surface area contributed by atoms with Crippen molar-refractivity contribution in [3.05, 3.63) is 22.7 Å². The van der Waals surface area contributed by atoms with Crippen LogP contribution in [0.1, 0.15) is 18.4 Å². The highest BCUT2D eigenvalue weighted by Crippen LogP contribution is 2.38. The number of halogens is 1. The van der Waals surface area contributed by atoms with E-state index in [0.717, 1.165) is 12.0 Å². The fourth-order valence-electron chi connectivity index (χ4n) is 1.63. The standard InChI is InChI=1S/C12H12ClNO2/c13-10-7-9(3-1-4-14)8-11-12(10)16-6-2-5-15-11/h7-8H,1-3,5-6H2. The van der Waals surface area contributed by atoms with E-state index in [1.54, 1.807) is 0 Å². The highest BCUT2D eigenvalue weighted by Gasteiger charge is 2.15. The van der Waals surface area contributed by atoms with Crippen LogP contribution in [0.5, 0.6) is 11.5 Å². The topological polar surface area (TPSA) is 42.2 Å². The van der Waals surface area contributed by atoms with Crippen molar-refractivity contribution in [2.75, 3.05) is 13.2 Å². The molecule has 0 radical (unpaired) electrons. The van der Waals surface area contributed by atoms with Gasteiger partial charge in [-0.3, -0.25) is 0 Å². The minimum atomic E-state index is 0.482. The van der Waals surface area contributed by atoms with Crippen molar-refractivity contribution in [3.63, 3.8) is 0 Å². The van der Waals surface area contributed by atoms with E-state index in [2.05, 4.69) is 6.07 Å². The fourth-order valence-corrected chi connectivity index (χ4v) is 1.92. The molecule has 0 aromatic heterocycles. The number of benzene rings is 1. The zero-order valence-electron chi connectivity index (χ0n) is 8.83. The van der Waals surface area contributed by atoms with Crippen molar-refractivity contribution < 1.29 is 9.47 Å². The number of ether oxygens (including phenoxy) is 2. The maximum Gasteiger partial charge on any atom is 0.179 e. The Morgan fingerprint density at radius 2 is 2.12 bits per heavy atom. The summed E-state index contributed by atoms with van der Waals surface area (Å²) in [6, 6.07) is 5.86. The molecule has 0 saturated heterocycles. The quantitative estimate of drug-likeness (QED) is 0.794. The molecule has 1 aliphatic rings. The lowest BCUT2D eigenvalue weighted by Crippen LogP contribution is -1.97. The lowest BCUT2D eigenvalue weighted by molar-refractivity contribution is 0.297. The van der Waals surface area contributed by atoms with E-state index in [4.69, 9.17) is 26.3 Å². The van der Waals surface area contributed by atoms with Gasteiger partial charge in [-0.05, 0) is 24.1 Å². The first kappa shape index (κ1) is 11.1. The van der Waals surface area contributed by atoms with E-state index in [9.17, 15) is 0 Å². The monoisotopic (exact) mass is 237 g/mol. The van der Waals surface area contributed by atoms with Gasteiger partial charge in [0.15, 0.2) is 11.5 Å². The zero-order chi connectivity index (χ0) is 11.4. The van der Waals surface area contributed by atoms with Gasteiger partial charge in [0.1, 0.15) is 0 Å². The summed E-state index contributed by atoms with van der Waals surface area (Å²) in [5, 5.41) is 9.10. The van der Waals surface area contributed by atoms with Crippen molar-refractivity contribution >= 4 is 11.6 Å². The average Bonchev–Trinajstić information content (AvgIpc) is 2.51. The van der Waals surface area contributed by atoms with Crippen LogP contribution in [0.3, 0.4) is 0 Å². The van der Waals surface area contributed by atoms with Gasteiger partial charge in [-0.25, -0.2) is 0 Å². The Labute approximate surface area is 99.5 Å². The molecule has 0 fully saturated rings. The van der Waals surface area contributed by atoms with E-state index >= 15 is 0 Å². The molecule has 1 aromatic carbocycles. The van der Waals surface area contributed by atoms with E-state index < -0.39 is 0 Å². The number of nitrogens with zero attached hydrogens (tertiary/aromatic N) is 1. The summed E-state index contributed by atoms with van der Waals surface area (Å²) in [5.74, 6) is 1.32. The van der Waals surface area contributed by atoms with E-state index in [1.165, 1.54) is 0 Å². The first-order valence-electron chi connectivity index (χ1n) is 5.26. The molecule has 0 bridgehead atoms. The second-order valence-corrected chi connectivity index (χ2v) is 4.02. The molecule has 0 unspecified atom stereocenters. The van der Waals surface area contributed by atoms with E-state index in [-0.39, 0.29) is 0 Å². The van der Waals surface area contributed by atoms with Crippen molar-refractivity contribution in [2.24, 2.45) is 0 Å². The molecule has 16 heavy (non-hydrogen) atoms. The number of fused-ring (bicyclic) bond motifs is 1. The van der Waals surface area contributed by atoms with Crippen LogP contribution in [0.4, 0.5) is 0 Å². The molecule has 0 N–H and O–H groups in total. The molecule has 2 rings (SSSR count). The van der Waals surface area contributed by atoms with Gasteiger partial charge in [0.25, 0.3) is 0 Å². The molecular weight excluding hydrogens is 226 g/mol. The SMILES string of the molecule is N#CCCc1cc(Cl)c2c(c1)OCCCO2. The largest absolute Gasteiger partial charge is 0.489 e. The average molecular weight is 238 g/mol. The first-order chi connectivity index (χ1) is 7.81. The highest BCUT2D eigenvalue weighted by molar-refractivity contribution is 6.32. The van der Waals surface area contributed by atoms with Crippen LogP contribution < -0.4 is 9.47 Å². The number of aryl methyl sites for hydroxylation is 1. The Kier molecular flexibility index (Phi) is 3.53. The molecule has 1 aliphatic heterocycles. The van der Waals surface area contributed by atoms with Gasteiger partial charge in [-0.1, -0.05) is 11.6 Å². The number of hydrogen-bond acceptors (Lipinski definition) is 3. The van der Waals surface area contributed by atoms with Crippen LogP contribution >= 0.6 is 11.6 Å². The molecular formula is C12H12ClNO2. The second kappa shape index (κ2) is 5.09. The molecule has 0 amide bonds. The van der Waals surface area contributed by atoms with Crippen LogP contribution in [0.2, 0.25) is 5.02 Å². The Balaban J connectivity index is 2.29. The predicted molar refractivity (Wildman–Crippen MR) is 61.0 cm³/mol. The van der Waals surface area contributed by atoms with Crippen LogP contribution in [0.15, 0.2) is 12.1 Å². The summed E-state index contributed by atoms with van der Waals surface area (Å²) in [6.45, 7) is 1.27. The Morgan fingerprint density at radius 3 is 2.94 bits per heavy atom. The summed E-state index contributed by atoms with van der Waals surface area (Å²) < 4.78 is 11.1. The molecule has 84 valence electrons. The second-order valence-electron chi connectivity index (χ2n) is 3.61. The molecule has 4 heteroatoms. The molecule has 0 aliphatic carbocycles. The smallest absolute Gasteiger partial charge is 0.179 e. The number of rotatable bonds is 2. The molecule has 0 spiro atoms. The van der Waals surface area contributed by atoms with Gasteiger partial charge in [0.05, 0.1) is 24.3 Å². The summed E-state index contributed by atoms with van der Waals surface area (Å²) in [5.41, 5.74) is 1.01. The van der Waals surface area contributed by atoms with Crippen molar-refractivity contribution in [1.29, 1.82) is 5.26 Å². The molecule has 1 aromatic rings. The number of nitriles is 1. The minimum absolute atomic E-state index is 0.482. The Bertz CT molecular complexity index is 426. The molecule has 0 atom stereocenters. The lowest BCUT2D eigenvalue weighted by Gasteiger charge is -2.10. The van der Waals surface area contributed by atoms with Gasteiger partial charge in [0, 0.05) is 12.8 Å².